The smallest absolute Gasteiger partial charge is 0.465 e. The van der Waals surface area contributed by atoms with Gasteiger partial charge in [0.25, 0.3) is 0 Å². The molecule has 1 saturated heterocycles. The van der Waals surface area contributed by atoms with Crippen molar-refractivity contribution >= 4 is 24.2 Å². The quantitative estimate of drug-likeness (QED) is 0.624. The minimum Gasteiger partial charge on any atom is -0.465 e. The predicted molar refractivity (Wildman–Crippen MR) is 87.0 cm³/mol. The van der Waals surface area contributed by atoms with E-state index < -0.39 is 24.3 Å². The van der Waals surface area contributed by atoms with Crippen LogP contribution in [0.15, 0.2) is 18.5 Å². The number of ether oxygens (including phenoxy) is 1. The zero-order valence-electron chi connectivity index (χ0n) is 14.3. The highest BCUT2D eigenvalue weighted by molar-refractivity contribution is 6.62. The molecular formula is C16H21BN2O4. The lowest BCUT2D eigenvalue weighted by molar-refractivity contribution is 0.00578. The monoisotopic (exact) mass is 316 g/mol. The number of methoxy groups -OCH3 is 1. The van der Waals surface area contributed by atoms with Crippen molar-refractivity contribution in [1.82, 2.24) is 9.38 Å². The molecule has 2 aromatic heterocycles. The van der Waals surface area contributed by atoms with Gasteiger partial charge in [0, 0.05) is 23.6 Å². The third-order valence-corrected chi connectivity index (χ3v) is 4.87. The van der Waals surface area contributed by atoms with E-state index in [-0.39, 0.29) is 0 Å². The average molecular weight is 316 g/mol. The van der Waals surface area contributed by atoms with Crippen molar-refractivity contribution < 1.29 is 18.8 Å². The molecule has 0 bridgehead atoms. The minimum atomic E-state index is -0.546. The van der Waals surface area contributed by atoms with E-state index in [1.807, 2.05) is 45.2 Å². The molecule has 2 aromatic rings. The highest BCUT2D eigenvalue weighted by Gasteiger charge is 2.52. The zero-order chi connectivity index (χ0) is 17.0. The standard InChI is InChI=1S/C16H21BN2O4/c1-10-12(17-22-15(2,3)16(4,5)23-17)9-11(14(20)21-6)13-18-7-8-19(10)13/h7-9H,1-6H3. The first-order valence-corrected chi connectivity index (χ1v) is 7.58. The minimum absolute atomic E-state index is 0.396. The first-order valence-electron chi connectivity index (χ1n) is 7.58. The summed E-state index contributed by atoms with van der Waals surface area (Å²) in [7, 11) is 0.811. The highest BCUT2D eigenvalue weighted by Crippen LogP contribution is 2.36. The molecule has 23 heavy (non-hydrogen) atoms. The molecule has 6 nitrogen and oxygen atoms in total. The van der Waals surface area contributed by atoms with Crippen LogP contribution in [-0.2, 0) is 14.0 Å². The van der Waals surface area contributed by atoms with E-state index in [4.69, 9.17) is 14.0 Å². The molecule has 0 saturated carbocycles. The first-order chi connectivity index (χ1) is 10.7. The van der Waals surface area contributed by atoms with Crippen LogP contribution in [-0.4, -0.2) is 40.8 Å². The third kappa shape index (κ3) is 2.35. The van der Waals surface area contributed by atoms with Gasteiger partial charge in [-0.1, -0.05) is 0 Å². The van der Waals surface area contributed by atoms with E-state index in [0.29, 0.717) is 11.2 Å². The second-order valence-electron chi connectivity index (χ2n) is 6.80. The lowest BCUT2D eigenvalue weighted by atomic mass is 9.77. The summed E-state index contributed by atoms with van der Waals surface area (Å²) < 4.78 is 19.0. The summed E-state index contributed by atoms with van der Waals surface area (Å²) in [4.78, 5) is 16.4. The van der Waals surface area contributed by atoms with E-state index >= 15 is 0 Å². The van der Waals surface area contributed by atoms with E-state index in [1.165, 1.54) is 7.11 Å². The van der Waals surface area contributed by atoms with Gasteiger partial charge in [0.05, 0.1) is 18.3 Å². The molecule has 0 unspecified atom stereocenters. The van der Waals surface area contributed by atoms with Crippen molar-refractivity contribution in [3.8, 4) is 0 Å². The number of pyridine rings is 1. The van der Waals surface area contributed by atoms with Crippen LogP contribution in [0.5, 0.6) is 0 Å². The number of carbonyl (C=O) groups excluding carboxylic acids is 1. The molecular weight excluding hydrogens is 295 g/mol. The maximum atomic E-state index is 12.1. The van der Waals surface area contributed by atoms with Crippen molar-refractivity contribution in [3.63, 3.8) is 0 Å². The maximum absolute atomic E-state index is 12.1. The van der Waals surface area contributed by atoms with Crippen molar-refractivity contribution in [1.29, 1.82) is 0 Å². The molecule has 3 heterocycles. The van der Waals surface area contributed by atoms with E-state index in [1.54, 1.807) is 12.3 Å². The maximum Gasteiger partial charge on any atom is 0.496 e. The summed E-state index contributed by atoms with van der Waals surface area (Å²) in [6.45, 7) is 9.95. The number of esters is 1. The second kappa shape index (κ2) is 5.07. The largest absolute Gasteiger partial charge is 0.496 e. The van der Waals surface area contributed by atoms with Crippen LogP contribution in [0.2, 0.25) is 0 Å². The van der Waals surface area contributed by atoms with Crippen LogP contribution in [0.25, 0.3) is 5.65 Å². The Balaban J connectivity index is 2.16. The molecule has 0 radical (unpaired) electrons. The summed E-state index contributed by atoms with van der Waals surface area (Å²) in [5, 5.41) is 0. The van der Waals surface area contributed by atoms with Gasteiger partial charge in [-0.25, -0.2) is 9.78 Å². The van der Waals surface area contributed by atoms with E-state index in [2.05, 4.69) is 4.98 Å². The molecule has 7 heteroatoms. The van der Waals surface area contributed by atoms with Gasteiger partial charge in [0.1, 0.15) is 5.56 Å². The summed E-state index contributed by atoms with van der Waals surface area (Å²) in [5.41, 5.74) is 1.79. The van der Waals surface area contributed by atoms with Gasteiger partial charge < -0.3 is 18.4 Å². The van der Waals surface area contributed by atoms with Gasteiger partial charge in [0.2, 0.25) is 0 Å². The second-order valence-corrected chi connectivity index (χ2v) is 6.80. The van der Waals surface area contributed by atoms with Gasteiger partial charge >= 0.3 is 13.1 Å². The van der Waals surface area contributed by atoms with Crippen molar-refractivity contribution in [3.05, 3.63) is 29.7 Å². The Morgan fingerprint density at radius 2 is 1.87 bits per heavy atom. The summed E-state index contributed by atoms with van der Waals surface area (Å²) >= 11 is 0. The van der Waals surface area contributed by atoms with Crippen LogP contribution >= 0.6 is 0 Å². The number of rotatable bonds is 2. The number of hydrogen-bond donors (Lipinski definition) is 0. The number of imidazole rings is 1. The Kier molecular flexibility index (Phi) is 3.53. The molecule has 1 aliphatic rings. The van der Waals surface area contributed by atoms with Crippen molar-refractivity contribution in [2.45, 2.75) is 45.8 Å². The number of nitrogens with zero attached hydrogens (tertiary/aromatic N) is 2. The Bertz CT molecular complexity index is 766. The lowest BCUT2D eigenvalue weighted by Gasteiger charge is -2.32. The number of aromatic nitrogens is 2. The molecule has 0 amide bonds. The Morgan fingerprint density at radius 3 is 2.43 bits per heavy atom. The average Bonchev–Trinajstić information content (AvgIpc) is 3.02. The van der Waals surface area contributed by atoms with Gasteiger partial charge in [-0.2, -0.15) is 0 Å². The van der Waals surface area contributed by atoms with Crippen LogP contribution in [0.1, 0.15) is 43.7 Å². The Labute approximate surface area is 135 Å². The molecule has 0 aromatic carbocycles. The summed E-state index contributed by atoms with van der Waals surface area (Å²) in [6.07, 6.45) is 3.47. The molecule has 0 N–H and O–H groups in total. The van der Waals surface area contributed by atoms with Crippen LogP contribution in [0.4, 0.5) is 0 Å². The Hall–Kier alpha value is -1.86. The zero-order valence-corrected chi connectivity index (χ0v) is 14.3. The van der Waals surface area contributed by atoms with Crippen LogP contribution in [0, 0.1) is 6.92 Å². The van der Waals surface area contributed by atoms with Crippen molar-refractivity contribution in [2.24, 2.45) is 0 Å². The molecule has 0 aliphatic carbocycles. The van der Waals surface area contributed by atoms with Crippen molar-refractivity contribution in [2.75, 3.05) is 7.11 Å². The van der Waals surface area contributed by atoms with Crippen LogP contribution < -0.4 is 5.46 Å². The molecule has 3 rings (SSSR count). The highest BCUT2D eigenvalue weighted by atomic mass is 16.7. The number of hydrogen-bond acceptors (Lipinski definition) is 5. The SMILES string of the molecule is COC(=O)c1cc(B2OC(C)(C)C(C)(C)O2)c(C)n2ccnc12. The normalized spacial score (nSPS) is 19.3. The molecule has 1 aliphatic heterocycles. The van der Waals surface area contributed by atoms with Gasteiger partial charge in [0.15, 0.2) is 5.65 Å². The van der Waals surface area contributed by atoms with Crippen LogP contribution in [0.3, 0.4) is 0 Å². The number of carbonyl (C=O) groups is 1. The van der Waals surface area contributed by atoms with Gasteiger partial charge in [-0.15, -0.1) is 0 Å². The van der Waals surface area contributed by atoms with E-state index in [9.17, 15) is 4.79 Å². The number of aryl methyl sites for hydroxylation is 1. The topological polar surface area (TPSA) is 62.1 Å². The molecule has 0 spiro atoms. The number of fused-ring (bicyclic) bond motifs is 1. The van der Waals surface area contributed by atoms with Gasteiger partial charge in [-0.05, 0) is 40.7 Å². The van der Waals surface area contributed by atoms with Gasteiger partial charge in [-0.3, -0.25) is 0 Å². The molecule has 0 atom stereocenters. The third-order valence-electron chi connectivity index (χ3n) is 4.87. The molecule has 122 valence electrons. The summed E-state index contributed by atoms with van der Waals surface area (Å²) in [6, 6.07) is 1.76. The predicted octanol–water partition coefficient (Wildman–Crippen LogP) is 1.73. The molecule has 1 fully saturated rings. The fraction of sp³-hybridized carbons (Fsp3) is 0.500. The van der Waals surface area contributed by atoms with E-state index in [0.717, 1.165) is 11.2 Å². The fourth-order valence-corrected chi connectivity index (χ4v) is 2.71. The Morgan fingerprint density at radius 1 is 1.26 bits per heavy atom. The fourth-order valence-electron chi connectivity index (χ4n) is 2.71. The lowest BCUT2D eigenvalue weighted by Crippen LogP contribution is -2.41. The summed E-state index contributed by atoms with van der Waals surface area (Å²) in [5.74, 6) is -0.432. The first kappa shape index (κ1) is 16.0.